The molecular formula is C25H28N4O2S2. The Morgan fingerprint density at radius 2 is 1.91 bits per heavy atom. The first-order valence-electron chi connectivity index (χ1n) is 11.3. The standard InChI is InChI=1S/C25H28N4O2S2/c1-13-6-5-7-17(8-13)24-23(28-16(4)33-24)25(31)29-12-18-9-19(18)21(29)11-26-22(30)10-20-14(2)32-15(3)27-20/h5-8,18-19,21H,9-12H2,1-4H3,(H,26,30). The zero-order valence-corrected chi connectivity index (χ0v) is 21.0. The minimum Gasteiger partial charge on any atom is -0.354 e. The number of aryl methyl sites for hydroxylation is 4. The number of piperidine rings is 1. The van der Waals surface area contributed by atoms with Crippen molar-refractivity contribution in [2.24, 2.45) is 11.8 Å². The highest BCUT2D eigenvalue weighted by molar-refractivity contribution is 7.15. The van der Waals surface area contributed by atoms with Crippen LogP contribution in [0.4, 0.5) is 0 Å². The maximum atomic E-state index is 13.6. The number of carbonyl (C=O) groups is 2. The van der Waals surface area contributed by atoms with E-state index >= 15 is 0 Å². The summed E-state index contributed by atoms with van der Waals surface area (Å²) >= 11 is 3.18. The van der Waals surface area contributed by atoms with Crippen molar-refractivity contribution in [3.8, 4) is 10.4 Å². The van der Waals surface area contributed by atoms with E-state index in [0.29, 0.717) is 24.1 Å². The van der Waals surface area contributed by atoms with Gasteiger partial charge in [-0.25, -0.2) is 9.97 Å². The topological polar surface area (TPSA) is 75.2 Å². The minimum absolute atomic E-state index is 0.0201. The van der Waals surface area contributed by atoms with Crippen LogP contribution in [0.15, 0.2) is 24.3 Å². The Labute approximate surface area is 202 Å². The molecule has 1 aliphatic heterocycles. The highest BCUT2D eigenvalue weighted by Gasteiger charge is 2.54. The summed E-state index contributed by atoms with van der Waals surface area (Å²) in [5.41, 5.74) is 3.58. The maximum absolute atomic E-state index is 13.6. The fourth-order valence-corrected chi connectivity index (χ4v) is 6.67. The molecule has 6 nitrogen and oxygen atoms in total. The molecule has 1 aliphatic carbocycles. The molecule has 2 amide bonds. The number of hydrogen-bond acceptors (Lipinski definition) is 6. The number of rotatable bonds is 6. The predicted octanol–water partition coefficient (Wildman–Crippen LogP) is 4.32. The van der Waals surface area contributed by atoms with Gasteiger partial charge >= 0.3 is 0 Å². The fourth-order valence-electron chi connectivity index (χ4n) is 4.93. The second kappa shape index (κ2) is 8.65. The molecule has 3 heterocycles. The minimum atomic E-state index is -0.0372. The van der Waals surface area contributed by atoms with Crippen molar-refractivity contribution in [1.29, 1.82) is 0 Å². The van der Waals surface area contributed by atoms with E-state index in [1.807, 2.05) is 37.8 Å². The van der Waals surface area contributed by atoms with Crippen LogP contribution in [0.3, 0.4) is 0 Å². The summed E-state index contributed by atoms with van der Waals surface area (Å²) < 4.78 is 0. The van der Waals surface area contributed by atoms with Gasteiger partial charge in [-0.15, -0.1) is 22.7 Å². The van der Waals surface area contributed by atoms with Gasteiger partial charge in [-0.3, -0.25) is 9.59 Å². The van der Waals surface area contributed by atoms with Gasteiger partial charge in [0.15, 0.2) is 0 Å². The van der Waals surface area contributed by atoms with E-state index in [4.69, 9.17) is 0 Å². The van der Waals surface area contributed by atoms with Gasteiger partial charge < -0.3 is 10.2 Å². The molecule has 1 saturated carbocycles. The van der Waals surface area contributed by atoms with E-state index in [1.54, 1.807) is 22.7 Å². The number of carbonyl (C=O) groups excluding carboxylic acids is 2. The van der Waals surface area contributed by atoms with Crippen LogP contribution in [-0.2, 0) is 11.2 Å². The molecule has 172 valence electrons. The van der Waals surface area contributed by atoms with Crippen LogP contribution in [0.2, 0.25) is 0 Å². The van der Waals surface area contributed by atoms with Crippen LogP contribution < -0.4 is 5.32 Å². The van der Waals surface area contributed by atoms with Gasteiger partial charge in [-0.2, -0.15) is 0 Å². The lowest BCUT2D eigenvalue weighted by Crippen LogP contribution is -2.46. The van der Waals surface area contributed by atoms with E-state index < -0.39 is 0 Å². The highest BCUT2D eigenvalue weighted by atomic mass is 32.1. The number of benzene rings is 1. The number of fused-ring (bicyclic) bond motifs is 1. The van der Waals surface area contributed by atoms with Gasteiger partial charge in [0, 0.05) is 18.0 Å². The van der Waals surface area contributed by atoms with Crippen molar-refractivity contribution < 1.29 is 9.59 Å². The van der Waals surface area contributed by atoms with E-state index in [9.17, 15) is 9.59 Å². The Morgan fingerprint density at radius 3 is 2.64 bits per heavy atom. The number of nitrogens with one attached hydrogen (secondary N) is 1. The molecule has 0 spiro atoms. The summed E-state index contributed by atoms with van der Waals surface area (Å²) in [7, 11) is 0. The first-order valence-corrected chi connectivity index (χ1v) is 13.0. The molecule has 33 heavy (non-hydrogen) atoms. The molecule has 0 radical (unpaired) electrons. The van der Waals surface area contributed by atoms with E-state index in [-0.39, 0.29) is 24.3 Å². The fraction of sp³-hybridized carbons (Fsp3) is 0.440. The van der Waals surface area contributed by atoms with Crippen LogP contribution in [0.1, 0.15) is 43.1 Å². The second-order valence-corrected chi connectivity index (χ2v) is 11.8. The van der Waals surface area contributed by atoms with Gasteiger partial charge in [0.2, 0.25) is 5.91 Å². The molecule has 1 aromatic carbocycles. The number of likely N-dealkylation sites (tertiary alicyclic amines) is 1. The maximum Gasteiger partial charge on any atom is 0.274 e. The van der Waals surface area contributed by atoms with Crippen LogP contribution in [0.25, 0.3) is 10.4 Å². The van der Waals surface area contributed by atoms with Crippen LogP contribution in [-0.4, -0.2) is 45.8 Å². The monoisotopic (exact) mass is 480 g/mol. The first kappa shape index (κ1) is 22.2. The van der Waals surface area contributed by atoms with Gasteiger partial charge in [0.25, 0.3) is 5.91 Å². The van der Waals surface area contributed by atoms with Gasteiger partial charge in [0.05, 0.1) is 33.0 Å². The van der Waals surface area contributed by atoms with Crippen molar-refractivity contribution in [3.05, 3.63) is 56.1 Å². The number of nitrogens with zero attached hydrogens (tertiary/aromatic N) is 3. The van der Waals surface area contributed by atoms with Crippen molar-refractivity contribution in [3.63, 3.8) is 0 Å². The third-order valence-electron chi connectivity index (χ3n) is 6.62. The average Bonchev–Trinajstić information content (AvgIpc) is 3.10. The molecule has 2 fully saturated rings. The zero-order chi connectivity index (χ0) is 23.3. The van der Waals surface area contributed by atoms with E-state index in [1.165, 1.54) is 0 Å². The highest BCUT2D eigenvalue weighted by Crippen LogP contribution is 2.50. The van der Waals surface area contributed by atoms with Gasteiger partial charge in [0.1, 0.15) is 5.69 Å². The smallest absolute Gasteiger partial charge is 0.274 e. The molecule has 8 heteroatoms. The van der Waals surface area contributed by atoms with Crippen LogP contribution in [0, 0.1) is 39.5 Å². The third-order valence-corrected chi connectivity index (χ3v) is 8.57. The van der Waals surface area contributed by atoms with E-state index in [2.05, 4.69) is 34.3 Å². The Bertz CT molecular complexity index is 1230. The molecule has 3 aromatic rings. The van der Waals surface area contributed by atoms with Crippen molar-refractivity contribution in [1.82, 2.24) is 20.2 Å². The quantitative estimate of drug-likeness (QED) is 0.570. The Balaban J connectivity index is 1.31. The summed E-state index contributed by atoms with van der Waals surface area (Å²) in [5, 5.41) is 4.94. The van der Waals surface area contributed by atoms with Gasteiger partial charge in [-0.05, 0) is 51.5 Å². The molecular weight excluding hydrogens is 452 g/mol. The Hall–Kier alpha value is -2.58. The molecule has 3 unspecified atom stereocenters. The summed E-state index contributed by atoms with van der Waals surface area (Å²) in [6.07, 6.45) is 1.42. The molecule has 2 aromatic heterocycles. The Kier molecular flexibility index (Phi) is 5.82. The Morgan fingerprint density at radius 1 is 1.12 bits per heavy atom. The first-order chi connectivity index (χ1) is 15.8. The second-order valence-electron chi connectivity index (χ2n) is 9.18. The number of amides is 2. The van der Waals surface area contributed by atoms with Crippen molar-refractivity contribution in [2.45, 2.75) is 46.6 Å². The molecule has 1 N–H and O–H groups in total. The van der Waals surface area contributed by atoms with Crippen molar-refractivity contribution >= 4 is 34.5 Å². The average molecular weight is 481 g/mol. The largest absolute Gasteiger partial charge is 0.354 e. The lowest BCUT2D eigenvalue weighted by atomic mass is 10.1. The normalized spacial score (nSPS) is 21.2. The SMILES string of the molecule is Cc1cccc(-c2sc(C)nc2C(=O)N2CC3CC3C2CNC(=O)Cc2nc(C)sc2C)c1. The molecule has 1 saturated heterocycles. The lowest BCUT2D eigenvalue weighted by molar-refractivity contribution is -0.120. The summed E-state index contributed by atoms with van der Waals surface area (Å²) in [4.78, 5) is 39.3. The molecule has 0 bridgehead atoms. The predicted molar refractivity (Wildman–Crippen MR) is 132 cm³/mol. The van der Waals surface area contributed by atoms with Crippen LogP contribution in [0.5, 0.6) is 0 Å². The molecule has 2 aliphatic rings. The van der Waals surface area contributed by atoms with Crippen LogP contribution >= 0.6 is 22.7 Å². The number of thiazole rings is 2. The number of aromatic nitrogens is 2. The lowest BCUT2D eigenvalue weighted by Gasteiger charge is -2.27. The summed E-state index contributed by atoms with van der Waals surface area (Å²) in [6.45, 7) is 9.19. The molecule has 5 rings (SSSR count). The van der Waals surface area contributed by atoms with Gasteiger partial charge in [-0.1, -0.05) is 29.8 Å². The zero-order valence-electron chi connectivity index (χ0n) is 19.3. The molecule has 3 atom stereocenters. The summed E-state index contributed by atoms with van der Waals surface area (Å²) in [5.74, 6) is 0.958. The van der Waals surface area contributed by atoms with Crippen molar-refractivity contribution in [2.75, 3.05) is 13.1 Å². The van der Waals surface area contributed by atoms with E-state index in [0.717, 1.165) is 49.6 Å². The summed E-state index contributed by atoms with van der Waals surface area (Å²) in [6, 6.07) is 8.24. The number of hydrogen-bond donors (Lipinski definition) is 1. The third kappa shape index (κ3) is 4.46.